The second-order valence-corrected chi connectivity index (χ2v) is 11.4. The molecule has 1 aromatic carbocycles. The lowest BCUT2D eigenvalue weighted by Crippen LogP contribution is -2.33. The van der Waals surface area contributed by atoms with Gasteiger partial charge in [0.05, 0.1) is 5.84 Å². The molecule has 0 spiro atoms. The minimum Gasteiger partial charge on any atom is -0.370 e. The molecule has 5 rings (SSSR count). The first kappa shape index (κ1) is 22.5. The van der Waals surface area contributed by atoms with Crippen molar-refractivity contribution in [2.24, 2.45) is 16.8 Å². The van der Waals surface area contributed by atoms with Gasteiger partial charge in [-0.05, 0) is 85.8 Å². The van der Waals surface area contributed by atoms with E-state index in [1.807, 2.05) is 6.07 Å². The first-order valence-electron chi connectivity index (χ1n) is 12.0. The van der Waals surface area contributed by atoms with E-state index in [-0.39, 0.29) is 10.8 Å². The predicted octanol–water partition coefficient (Wildman–Crippen LogP) is 3.80. The van der Waals surface area contributed by atoms with Crippen molar-refractivity contribution in [1.29, 1.82) is 0 Å². The number of aromatic nitrogens is 1. The number of rotatable bonds is 6. The van der Waals surface area contributed by atoms with Gasteiger partial charge >= 0.3 is 0 Å². The molecule has 2 aromatic rings. The van der Waals surface area contributed by atoms with Gasteiger partial charge in [0.1, 0.15) is 5.82 Å². The number of hydrogen-bond donors (Lipinski definition) is 2. The molecule has 33 heavy (non-hydrogen) atoms. The lowest BCUT2D eigenvalue weighted by molar-refractivity contribution is 0.280. The molecule has 1 aliphatic heterocycles. The maximum atomic E-state index is 13.6. The zero-order chi connectivity index (χ0) is 22.8. The number of hydrogen-bond acceptors (Lipinski definition) is 4. The Morgan fingerprint density at radius 1 is 1.09 bits per heavy atom. The van der Waals surface area contributed by atoms with E-state index in [4.69, 9.17) is 4.99 Å². The van der Waals surface area contributed by atoms with Crippen LogP contribution in [0.4, 0.5) is 4.39 Å². The summed E-state index contributed by atoms with van der Waals surface area (Å²) >= 11 is 0. The summed E-state index contributed by atoms with van der Waals surface area (Å²) in [5.41, 5.74) is 2.43. The number of halogens is 1. The number of nitrogens with zero attached hydrogens (tertiary/aromatic N) is 2. The average Bonchev–Trinajstić information content (AvgIpc) is 3.26. The van der Waals surface area contributed by atoms with Gasteiger partial charge in [-0.15, -0.1) is 0 Å². The topological polar surface area (TPSA) is 83.5 Å². The second kappa shape index (κ2) is 9.50. The Morgan fingerprint density at radius 3 is 2.70 bits per heavy atom. The van der Waals surface area contributed by atoms with E-state index in [1.54, 1.807) is 24.3 Å². The zero-order valence-corrected chi connectivity index (χ0v) is 19.5. The molecule has 8 heteroatoms. The third-order valence-corrected chi connectivity index (χ3v) is 8.80. The number of benzene rings is 1. The minimum absolute atomic E-state index is 0.0758. The van der Waals surface area contributed by atoms with Crippen LogP contribution in [0.1, 0.15) is 55.6 Å². The maximum Gasteiger partial charge on any atom is 0.258 e. The number of aryl methyl sites for hydroxylation is 1. The Balaban J connectivity index is 1.09. The van der Waals surface area contributed by atoms with Crippen molar-refractivity contribution >= 4 is 15.9 Å². The van der Waals surface area contributed by atoms with Crippen molar-refractivity contribution in [3.63, 3.8) is 0 Å². The van der Waals surface area contributed by atoms with Gasteiger partial charge in [-0.2, -0.15) is 0 Å². The summed E-state index contributed by atoms with van der Waals surface area (Å²) in [4.78, 5) is 8.87. The van der Waals surface area contributed by atoms with Crippen LogP contribution in [0.2, 0.25) is 0 Å². The molecule has 1 saturated heterocycles. The lowest BCUT2D eigenvalue weighted by atomic mass is 9.80. The van der Waals surface area contributed by atoms with Gasteiger partial charge in [0.15, 0.2) is 5.03 Å². The molecule has 2 fully saturated rings. The predicted molar refractivity (Wildman–Crippen MR) is 126 cm³/mol. The van der Waals surface area contributed by atoms with Crippen molar-refractivity contribution in [2.75, 3.05) is 13.1 Å². The molecule has 2 heterocycles. The molecule has 2 unspecified atom stereocenters. The molecule has 2 N–H and O–H groups in total. The summed E-state index contributed by atoms with van der Waals surface area (Å²) in [6, 6.07) is 10.5. The van der Waals surface area contributed by atoms with Crippen LogP contribution in [0, 0.1) is 17.7 Å². The van der Waals surface area contributed by atoms with Crippen molar-refractivity contribution in [2.45, 2.75) is 61.9 Å². The molecule has 0 amide bonds. The summed E-state index contributed by atoms with van der Waals surface area (Å²) in [5, 5.41) is 3.70. The van der Waals surface area contributed by atoms with Gasteiger partial charge < -0.3 is 5.32 Å². The Morgan fingerprint density at radius 2 is 1.91 bits per heavy atom. The number of pyridine rings is 1. The fraction of sp³-hybridized carbons (Fsp3) is 0.520. The Hall–Kier alpha value is -2.32. The molecule has 1 saturated carbocycles. The highest BCUT2D eigenvalue weighted by atomic mass is 32.2. The van der Waals surface area contributed by atoms with E-state index >= 15 is 0 Å². The van der Waals surface area contributed by atoms with Gasteiger partial charge in [0, 0.05) is 37.7 Å². The molecule has 6 nitrogen and oxygen atoms in total. The molecular formula is C25H31FN4O2S. The fourth-order valence-corrected chi connectivity index (χ4v) is 6.62. The Bertz CT molecular complexity index is 1110. The van der Waals surface area contributed by atoms with Crippen LogP contribution in [-0.4, -0.2) is 38.4 Å². The highest BCUT2D eigenvalue weighted by Gasteiger charge is 2.36. The maximum absolute atomic E-state index is 13.6. The minimum atomic E-state index is -3.54. The van der Waals surface area contributed by atoms with Crippen molar-refractivity contribution in [1.82, 2.24) is 15.0 Å². The molecule has 1 aromatic heterocycles. The van der Waals surface area contributed by atoms with Gasteiger partial charge in [-0.1, -0.05) is 12.1 Å². The number of sulfonamides is 1. The van der Waals surface area contributed by atoms with Crippen LogP contribution in [-0.2, 0) is 16.4 Å². The van der Waals surface area contributed by atoms with E-state index in [2.05, 4.69) is 15.0 Å². The fourth-order valence-electron chi connectivity index (χ4n) is 5.56. The summed E-state index contributed by atoms with van der Waals surface area (Å²) < 4.78 is 41.0. The Kier molecular flexibility index (Phi) is 6.47. The standard InChI is InChI=1S/C25H31FN4O2S/c26-20-9-10-21-19(13-20)8-11-23-22(21)14-24(30-23)28-15-17-4-6-18(7-5-17)16-29-33(31,32)25-3-1-2-12-27-25/h1-3,9-10,12-13,17-18,22-23,29H,4-8,11,14-16H2,(H,28,30). The van der Waals surface area contributed by atoms with Crippen LogP contribution >= 0.6 is 0 Å². The highest BCUT2D eigenvalue weighted by Crippen LogP contribution is 2.38. The van der Waals surface area contributed by atoms with Gasteiger partial charge in [-0.25, -0.2) is 22.5 Å². The third kappa shape index (κ3) is 5.11. The van der Waals surface area contributed by atoms with E-state index in [1.165, 1.54) is 17.8 Å². The first-order chi connectivity index (χ1) is 16.0. The van der Waals surface area contributed by atoms with Crippen molar-refractivity contribution in [3.05, 3.63) is 59.5 Å². The molecule has 0 bridgehead atoms. The normalized spacial score (nSPS) is 28.2. The molecule has 176 valence electrons. The zero-order valence-electron chi connectivity index (χ0n) is 18.7. The molecule has 0 radical (unpaired) electrons. The van der Waals surface area contributed by atoms with Crippen LogP contribution in [0.3, 0.4) is 0 Å². The number of nitrogens with one attached hydrogen (secondary N) is 2. The van der Waals surface area contributed by atoms with Gasteiger partial charge in [-0.3, -0.25) is 4.99 Å². The Labute approximate surface area is 195 Å². The molecule has 2 atom stereocenters. The highest BCUT2D eigenvalue weighted by molar-refractivity contribution is 7.89. The molecule has 2 aliphatic carbocycles. The van der Waals surface area contributed by atoms with Crippen LogP contribution in [0.25, 0.3) is 0 Å². The largest absolute Gasteiger partial charge is 0.370 e. The van der Waals surface area contributed by atoms with Crippen LogP contribution < -0.4 is 10.0 Å². The second-order valence-electron chi connectivity index (χ2n) is 9.64. The lowest BCUT2D eigenvalue weighted by Gasteiger charge is -2.27. The first-order valence-corrected chi connectivity index (χ1v) is 13.4. The molecular weight excluding hydrogens is 439 g/mol. The van der Waals surface area contributed by atoms with Crippen LogP contribution in [0.15, 0.2) is 52.6 Å². The smallest absolute Gasteiger partial charge is 0.258 e. The summed E-state index contributed by atoms with van der Waals surface area (Å²) in [6.07, 6.45) is 8.52. The van der Waals surface area contributed by atoms with E-state index in [9.17, 15) is 12.8 Å². The summed E-state index contributed by atoms with van der Waals surface area (Å²) in [5.74, 6) is 2.25. The van der Waals surface area contributed by atoms with E-state index < -0.39 is 10.0 Å². The van der Waals surface area contributed by atoms with E-state index in [0.717, 1.165) is 62.9 Å². The summed E-state index contributed by atoms with van der Waals surface area (Å²) in [6.45, 7) is 1.29. The average molecular weight is 471 g/mol. The molecule has 3 aliphatic rings. The third-order valence-electron chi connectivity index (χ3n) is 7.46. The summed E-state index contributed by atoms with van der Waals surface area (Å²) in [7, 11) is -3.54. The number of aliphatic imine (C=N–C) groups is 1. The number of amidine groups is 1. The monoisotopic (exact) mass is 470 g/mol. The van der Waals surface area contributed by atoms with Gasteiger partial charge in [0.2, 0.25) is 0 Å². The van der Waals surface area contributed by atoms with Gasteiger partial charge in [0.25, 0.3) is 10.0 Å². The van der Waals surface area contributed by atoms with Crippen molar-refractivity contribution < 1.29 is 12.8 Å². The van der Waals surface area contributed by atoms with Crippen LogP contribution in [0.5, 0.6) is 0 Å². The van der Waals surface area contributed by atoms with E-state index in [0.29, 0.717) is 30.3 Å². The SMILES string of the molecule is O=S(=O)(NCC1CCC(CN=C2CC3c4ccc(F)cc4CCC3N2)CC1)c1ccccn1. The quantitative estimate of drug-likeness (QED) is 0.673. The van der Waals surface area contributed by atoms with Crippen molar-refractivity contribution in [3.8, 4) is 0 Å². The number of fused-ring (bicyclic) bond motifs is 3.